The second-order valence-electron chi connectivity index (χ2n) is 24.8. The molecule has 0 bridgehead atoms. The van der Waals surface area contributed by atoms with Gasteiger partial charge in [0.05, 0.1) is 108 Å². The van der Waals surface area contributed by atoms with Gasteiger partial charge in [-0.15, -0.1) is 11.6 Å². The number of fused-ring (bicyclic) bond motifs is 9. The molecular weight excluding hydrogens is 1510 g/mol. The number of hydrogen-bond donors (Lipinski definition) is 5. The number of methoxy groups -OCH3 is 5. The fourth-order valence-corrected chi connectivity index (χ4v) is 11.0. The molecular formula is C81H95Cl2FN10O19. The number of nitrogens with two attached hydrogens (primary N) is 1. The second-order valence-corrected chi connectivity index (χ2v) is 25.5. The van der Waals surface area contributed by atoms with E-state index in [4.69, 9.17) is 62.8 Å². The number of halogens is 3. The molecule has 4 aliphatic rings. The Labute approximate surface area is 665 Å². The predicted octanol–water partition coefficient (Wildman–Crippen LogP) is 10.3. The van der Waals surface area contributed by atoms with Crippen molar-refractivity contribution in [2.45, 2.75) is 47.2 Å². The Kier molecular flexibility index (Phi) is 37.1. The topological polar surface area (TPSA) is 381 Å². The number of benzene rings is 6. The smallest absolute Gasteiger partial charge is 0.255 e. The molecule has 0 aliphatic heterocycles. The van der Waals surface area contributed by atoms with Crippen molar-refractivity contribution in [2.75, 3.05) is 131 Å². The second kappa shape index (κ2) is 45.6. The standard InChI is InChI=1S/C15H14N2O4.C15H16N2O4.C15H16N2O3.C13H10ClNO4.C11H9NO3.C6H15N.C3H5ClO.C2H7N.CH3F/c1-17(2)7-10-16-12-14(19)13(18)8-5-4-6-9(20-3)11(8)15(12)21-10;1-17(2)8-13(19)16-10-7-11(18)9-5-4-6-12(21-3)14(9)15(10)20;1-17(2)8-13-16-10-7-11(18)9-5-4-6-12(19-3)14(9)15(10)20-13;1-19-10-4-2-3-7-9(16)5-8(13(18)12(7)10)15-11(17)6-14;1-15-9-4-2-3-6-8(13)5-7(12)11(14)10(6)9;1-4-7(5-2)6-3;1-2-3(4)5;1-3-2;1-2/h4-6H,7H2,1-3H3;4-7H,8H2,1-3H3,(H,16,19);4-7,18H,8H2,1-3H3;2-5H,6H2,1H3,(H,15,17);2-5H,12H2,1H3;4-6H2,1-3H3;2H2,1H3;3H,1-2H3;1H3/i;;;;;;;;1D. The number of Topliss-reactive ketones (excluding diaryl/α,β-unsaturated/α-hetero) is 5. The van der Waals surface area contributed by atoms with Crippen LogP contribution in [0.1, 0.15) is 130 Å². The molecule has 0 fully saturated rings. The van der Waals surface area contributed by atoms with Crippen LogP contribution in [0.2, 0.25) is 0 Å². The van der Waals surface area contributed by atoms with Crippen molar-refractivity contribution in [3.63, 3.8) is 0 Å². The van der Waals surface area contributed by atoms with Gasteiger partial charge in [0, 0.05) is 58.4 Å². The molecule has 0 radical (unpaired) electrons. The molecule has 4 aliphatic carbocycles. The molecule has 113 heavy (non-hydrogen) atoms. The van der Waals surface area contributed by atoms with Crippen molar-refractivity contribution >= 4 is 108 Å². The Morgan fingerprint density at radius 2 is 0.938 bits per heavy atom. The number of aromatic hydroxyl groups is 1. The first kappa shape index (κ1) is 92.0. The number of ether oxygens (including phenoxy) is 5. The Bertz CT molecular complexity index is 4910. The summed E-state index contributed by atoms with van der Waals surface area (Å²) >= 11 is 10.2. The number of hydrogen-bond acceptors (Lipinski definition) is 27. The van der Waals surface area contributed by atoms with Gasteiger partial charge in [0.25, 0.3) is 5.78 Å². The van der Waals surface area contributed by atoms with E-state index in [1.807, 2.05) is 70.3 Å². The Morgan fingerprint density at radius 1 is 0.549 bits per heavy atom. The predicted molar refractivity (Wildman–Crippen MR) is 427 cm³/mol. The highest BCUT2D eigenvalue weighted by atomic mass is 35.5. The zero-order valence-corrected chi connectivity index (χ0v) is 67.5. The third kappa shape index (κ3) is 24.7. The Hall–Kier alpha value is -11.6. The van der Waals surface area contributed by atoms with E-state index in [2.05, 4.69) is 51.6 Å². The number of carbonyl (C=O) groups is 11. The molecule has 2 aromatic heterocycles. The summed E-state index contributed by atoms with van der Waals surface area (Å²) in [6.45, 7) is 13.0. The van der Waals surface area contributed by atoms with Gasteiger partial charge in [0.1, 0.15) is 45.9 Å². The highest BCUT2D eigenvalue weighted by molar-refractivity contribution is 6.63. The van der Waals surface area contributed by atoms with Crippen molar-refractivity contribution in [1.29, 1.82) is 0 Å². The van der Waals surface area contributed by atoms with Crippen molar-refractivity contribution in [3.05, 3.63) is 189 Å². The van der Waals surface area contributed by atoms with E-state index >= 15 is 0 Å². The van der Waals surface area contributed by atoms with E-state index in [1.165, 1.54) is 54.1 Å². The molecule has 604 valence electrons. The van der Waals surface area contributed by atoms with Gasteiger partial charge < -0.3 is 78.9 Å². The van der Waals surface area contributed by atoms with Gasteiger partial charge in [0.2, 0.25) is 52.0 Å². The van der Waals surface area contributed by atoms with Crippen molar-refractivity contribution in [1.82, 2.24) is 45.5 Å². The molecule has 0 atom stereocenters. The van der Waals surface area contributed by atoms with Crippen molar-refractivity contribution < 1.29 is 96.1 Å². The summed E-state index contributed by atoms with van der Waals surface area (Å²) in [5, 5.41) is 18.8. The number of nitrogens with one attached hydrogen (secondary N) is 3. The van der Waals surface area contributed by atoms with Crippen LogP contribution in [0.25, 0.3) is 33.2 Å². The number of rotatable bonds is 18. The lowest BCUT2D eigenvalue weighted by Gasteiger charge is -2.18. The van der Waals surface area contributed by atoms with Gasteiger partial charge in [-0.3, -0.25) is 57.1 Å². The highest BCUT2D eigenvalue weighted by Gasteiger charge is 2.38. The van der Waals surface area contributed by atoms with Crippen LogP contribution < -0.4 is 45.4 Å². The fourth-order valence-electron chi connectivity index (χ4n) is 10.9. The highest BCUT2D eigenvalue weighted by Crippen LogP contribution is 2.42. The number of aromatic nitrogens is 2. The quantitative estimate of drug-likeness (QED) is 0.0303. The maximum atomic E-state index is 12.4. The number of oxazole rings is 2. The van der Waals surface area contributed by atoms with Gasteiger partial charge in [-0.2, -0.15) is 0 Å². The molecule has 0 spiro atoms. The first-order chi connectivity index (χ1) is 54.2. The van der Waals surface area contributed by atoms with Crippen LogP contribution in [0.3, 0.4) is 0 Å². The molecule has 32 heteroatoms. The number of carbonyl (C=O) groups excluding carboxylic acids is 11. The van der Waals surface area contributed by atoms with Gasteiger partial charge in [-0.25, -0.2) is 9.97 Å². The normalized spacial score (nSPS) is 12.6. The minimum atomic E-state index is -1.00. The van der Waals surface area contributed by atoms with E-state index in [9.17, 15) is 62.2 Å². The van der Waals surface area contributed by atoms with Crippen LogP contribution in [0.5, 0.6) is 34.5 Å². The lowest BCUT2D eigenvalue weighted by atomic mass is 9.90. The number of alkyl halides is 2. The zero-order chi connectivity index (χ0) is 85.4. The van der Waals surface area contributed by atoms with Gasteiger partial charge in [-0.05, 0) is 124 Å². The lowest BCUT2D eigenvalue weighted by Crippen LogP contribution is -2.36. The number of amides is 2. The van der Waals surface area contributed by atoms with E-state index < -0.39 is 36.2 Å². The van der Waals surface area contributed by atoms with Crippen LogP contribution in [-0.4, -0.2) is 229 Å². The average Bonchev–Trinajstić information content (AvgIpc) is 1.56. The Morgan fingerprint density at radius 3 is 1.34 bits per heavy atom. The van der Waals surface area contributed by atoms with Crippen LogP contribution in [0.15, 0.2) is 141 Å². The van der Waals surface area contributed by atoms with Crippen LogP contribution in [0, 0.1) is 0 Å². The third-order valence-electron chi connectivity index (χ3n) is 16.0. The van der Waals surface area contributed by atoms with E-state index in [0.29, 0.717) is 99.0 Å². The summed E-state index contributed by atoms with van der Waals surface area (Å²) in [4.78, 5) is 145. The molecule has 12 rings (SSSR count). The van der Waals surface area contributed by atoms with Crippen LogP contribution in [0.4, 0.5) is 4.39 Å². The van der Waals surface area contributed by atoms with Crippen LogP contribution >= 0.6 is 23.2 Å². The van der Waals surface area contributed by atoms with Gasteiger partial charge in [-0.1, -0.05) is 82.3 Å². The number of phenolic OH excluding ortho intramolecular Hbond substituents is 1. The van der Waals surface area contributed by atoms with E-state index in [0.717, 1.165) is 23.6 Å². The average molecular weight is 1600 g/mol. The molecule has 6 aromatic carbocycles. The maximum absolute atomic E-state index is 12.4. The Balaban J connectivity index is 0.000000285. The lowest BCUT2D eigenvalue weighted by molar-refractivity contribution is -0.121. The summed E-state index contributed by atoms with van der Waals surface area (Å²) in [6.07, 6.45) is 3.82. The summed E-state index contributed by atoms with van der Waals surface area (Å²) in [5.41, 5.74) is 8.90. The monoisotopic (exact) mass is 1600 g/mol. The molecule has 6 N–H and O–H groups in total. The van der Waals surface area contributed by atoms with Gasteiger partial charge >= 0.3 is 0 Å². The maximum Gasteiger partial charge on any atom is 0.255 e. The molecule has 0 saturated heterocycles. The van der Waals surface area contributed by atoms with Crippen LogP contribution in [-0.2, 0) is 27.5 Å². The van der Waals surface area contributed by atoms with Crippen molar-refractivity contribution in [2.24, 2.45) is 5.73 Å². The minimum Gasteiger partial charge on any atom is -0.507 e. The van der Waals surface area contributed by atoms with E-state index in [1.54, 1.807) is 106 Å². The third-order valence-corrected chi connectivity index (χ3v) is 16.5. The van der Waals surface area contributed by atoms with E-state index in [-0.39, 0.29) is 103 Å². The van der Waals surface area contributed by atoms with Gasteiger partial charge in [0.15, 0.2) is 34.4 Å². The molecule has 2 amide bonds. The van der Waals surface area contributed by atoms with Crippen molar-refractivity contribution in [3.8, 4) is 45.8 Å². The first-order valence-electron chi connectivity index (χ1n) is 35.4. The SMILES string of the molecule is CCC(=O)Cl.CCN(CC)CC.CNC.COc1cccc2c(O)cc3nc(CN(C)C)oc3c12.COc1cccc2c1-c1oc(CN(C)C)nc1C(=O)C2=O.COc1cccc2c1C(=O)C(N)=CC2=O.COc1cccc2c1C(=O)C(NC(=O)CCl)=CC2=O.COc1cccc2c1C(=O)C(NC(=O)CN(C)C)=CC2=O.[2H]CF. The first-order valence-corrected chi connectivity index (χ1v) is 35.6. The largest absolute Gasteiger partial charge is 0.507 e. The number of phenols is 1. The molecule has 29 nitrogen and oxygen atoms in total. The minimum absolute atomic E-state index is 0.0242. The zero-order valence-electron chi connectivity index (χ0n) is 67.0. The number of ketones is 8. The molecule has 0 unspecified atom stereocenters. The number of likely N-dealkylation sites (N-methyl/N-ethyl adjacent to an activating group) is 1. The molecule has 0 saturated carbocycles. The molecule has 8 aromatic rings. The summed E-state index contributed by atoms with van der Waals surface area (Å²) in [5.74, 6) is -0.992. The summed E-state index contributed by atoms with van der Waals surface area (Å²) in [7, 11) is 21.2. The summed E-state index contributed by atoms with van der Waals surface area (Å²) in [6, 6.07) is 26.6. The number of allylic oxidation sites excluding steroid dienone is 6. The molecule has 2 heterocycles. The number of nitrogens with zero attached hydrogens (tertiary/aromatic N) is 6. The fraction of sp³-hybridized carbons (Fsp3) is 0.321. The summed E-state index contributed by atoms with van der Waals surface area (Å²) < 4.78 is 52.9.